The van der Waals surface area contributed by atoms with Gasteiger partial charge in [0.2, 0.25) is 0 Å². The molecule has 2 amide bonds. The molecule has 2 N–H and O–H groups in total. The van der Waals surface area contributed by atoms with Gasteiger partial charge in [-0.1, -0.05) is 18.2 Å². The summed E-state index contributed by atoms with van der Waals surface area (Å²) in [4.78, 5) is 43.6. The smallest absolute Gasteiger partial charge is 0.435 e. The van der Waals surface area contributed by atoms with Crippen LogP contribution < -0.4 is 10.6 Å². The standard InChI is InChI=1S/C31H29N7O4/c1-17-23(16-32)25(26(33-6)18(2)35-17)19-11-12-24-22(15-19)27(36-38(24)30(41)42-31(3,4)5)34-13-14-37-28(39)20-9-7-8-10-21(20)29(37)40/h7-12,15,25,35H,13-14H2,1-5H3,(H,34,36). The molecule has 11 nitrogen and oxygen atoms in total. The predicted molar refractivity (Wildman–Crippen MR) is 155 cm³/mol. The first kappa shape index (κ1) is 28.1. The number of nitrogens with zero attached hydrogens (tertiary/aromatic N) is 5. The van der Waals surface area contributed by atoms with Crippen LogP contribution in [0.2, 0.25) is 0 Å². The quantitative estimate of drug-likeness (QED) is 0.321. The number of imide groups is 1. The second-order valence-electron chi connectivity index (χ2n) is 11.1. The number of rotatable bonds is 5. The molecule has 2 aromatic carbocycles. The van der Waals surface area contributed by atoms with Crippen LogP contribution in [0.25, 0.3) is 15.7 Å². The molecule has 2 aliphatic heterocycles. The van der Waals surface area contributed by atoms with Crippen LogP contribution in [0.15, 0.2) is 65.1 Å². The average Bonchev–Trinajstić information content (AvgIpc) is 3.42. The number of dihydropyridines is 1. The Morgan fingerprint density at radius 3 is 2.40 bits per heavy atom. The first-order chi connectivity index (χ1) is 19.9. The van der Waals surface area contributed by atoms with Crippen LogP contribution >= 0.6 is 0 Å². The van der Waals surface area contributed by atoms with Crippen molar-refractivity contribution in [3.63, 3.8) is 0 Å². The fourth-order valence-corrected chi connectivity index (χ4v) is 5.22. The molecule has 5 rings (SSSR count). The van der Waals surface area contributed by atoms with E-state index in [0.29, 0.717) is 56.1 Å². The Kier molecular flexibility index (Phi) is 7.05. The summed E-state index contributed by atoms with van der Waals surface area (Å²) in [7, 11) is 0. The van der Waals surface area contributed by atoms with E-state index >= 15 is 0 Å². The Morgan fingerprint density at radius 2 is 1.81 bits per heavy atom. The molecule has 0 fully saturated rings. The van der Waals surface area contributed by atoms with Gasteiger partial charge in [-0.2, -0.15) is 9.94 Å². The Morgan fingerprint density at radius 1 is 1.14 bits per heavy atom. The van der Waals surface area contributed by atoms with Crippen molar-refractivity contribution in [2.75, 3.05) is 18.4 Å². The van der Waals surface area contributed by atoms with E-state index < -0.39 is 17.6 Å². The number of hydrogen-bond acceptors (Lipinski definition) is 8. The molecule has 0 bridgehead atoms. The number of nitrogens with one attached hydrogen (secondary N) is 2. The van der Waals surface area contributed by atoms with Crippen LogP contribution in [0.3, 0.4) is 0 Å². The fraction of sp³-hybridized carbons (Fsp3) is 0.290. The number of benzene rings is 2. The highest BCUT2D eigenvalue weighted by molar-refractivity contribution is 6.21. The van der Waals surface area contributed by atoms with Crippen molar-refractivity contribution in [2.24, 2.45) is 0 Å². The maximum atomic E-state index is 13.1. The zero-order valence-corrected chi connectivity index (χ0v) is 23.9. The predicted octanol–water partition coefficient (Wildman–Crippen LogP) is 5.16. The zero-order chi connectivity index (χ0) is 30.3. The molecular weight excluding hydrogens is 534 g/mol. The van der Waals surface area contributed by atoms with E-state index in [1.807, 2.05) is 0 Å². The molecule has 42 heavy (non-hydrogen) atoms. The number of amides is 2. The van der Waals surface area contributed by atoms with E-state index in [4.69, 9.17) is 11.3 Å². The molecule has 3 aromatic rings. The van der Waals surface area contributed by atoms with Gasteiger partial charge in [-0.25, -0.2) is 9.64 Å². The minimum atomic E-state index is -0.764. The summed E-state index contributed by atoms with van der Waals surface area (Å²) in [5, 5.41) is 21.3. The Labute approximate surface area is 242 Å². The monoisotopic (exact) mass is 563 g/mol. The third kappa shape index (κ3) is 4.86. The summed E-state index contributed by atoms with van der Waals surface area (Å²) in [6.07, 6.45) is -0.679. The van der Waals surface area contributed by atoms with Crippen LogP contribution in [-0.2, 0) is 4.74 Å². The summed E-state index contributed by atoms with van der Waals surface area (Å²) < 4.78 is 6.72. The molecule has 11 heteroatoms. The van der Waals surface area contributed by atoms with Gasteiger partial charge in [0.25, 0.3) is 11.8 Å². The van der Waals surface area contributed by atoms with E-state index in [-0.39, 0.29) is 24.9 Å². The molecule has 1 atom stereocenters. The van der Waals surface area contributed by atoms with Crippen LogP contribution in [0.4, 0.5) is 10.6 Å². The van der Waals surface area contributed by atoms with Crippen LogP contribution in [0.1, 0.15) is 66.8 Å². The summed E-state index contributed by atoms with van der Waals surface area (Å²) in [5.41, 5.74) is 3.24. The van der Waals surface area contributed by atoms with Gasteiger partial charge >= 0.3 is 6.09 Å². The number of hydrogen-bond donors (Lipinski definition) is 2. The van der Waals surface area contributed by atoms with E-state index in [9.17, 15) is 19.6 Å². The summed E-state index contributed by atoms with van der Waals surface area (Å²) >= 11 is 0. The lowest BCUT2D eigenvalue weighted by atomic mass is 9.84. The molecule has 2 aliphatic rings. The van der Waals surface area contributed by atoms with Crippen LogP contribution in [0.5, 0.6) is 0 Å². The van der Waals surface area contributed by atoms with E-state index in [1.165, 1.54) is 4.90 Å². The maximum Gasteiger partial charge on any atom is 0.435 e. The van der Waals surface area contributed by atoms with Gasteiger partial charge in [-0.3, -0.25) is 14.5 Å². The lowest BCUT2D eigenvalue weighted by Crippen LogP contribution is -2.34. The van der Waals surface area contributed by atoms with Crippen molar-refractivity contribution in [3.05, 3.63) is 93.2 Å². The van der Waals surface area contributed by atoms with Gasteiger partial charge in [0, 0.05) is 29.9 Å². The first-order valence-corrected chi connectivity index (χ1v) is 13.4. The SMILES string of the molecule is [C-]#[N+]C1=C(C)NC(C)=C(C#N)C1c1ccc2c(c1)c(NCCN1C(=O)c3ccccc3C1=O)nn2C(=O)OC(C)(C)C. The number of anilines is 1. The number of fused-ring (bicyclic) bond motifs is 2. The fourth-order valence-electron chi connectivity index (χ4n) is 5.22. The number of aromatic nitrogens is 2. The van der Waals surface area contributed by atoms with Gasteiger partial charge in [0.05, 0.1) is 40.8 Å². The molecule has 0 saturated heterocycles. The largest absolute Gasteiger partial charge is 0.442 e. The number of allylic oxidation sites excluding steroid dienone is 3. The molecule has 0 radical (unpaired) electrons. The highest BCUT2D eigenvalue weighted by Crippen LogP contribution is 2.40. The van der Waals surface area contributed by atoms with E-state index in [2.05, 4.69) is 26.6 Å². The van der Waals surface area contributed by atoms with Gasteiger partial charge in [-0.15, -0.1) is 5.10 Å². The molecule has 1 unspecified atom stereocenters. The van der Waals surface area contributed by atoms with E-state index in [1.54, 1.807) is 77.1 Å². The highest BCUT2D eigenvalue weighted by atomic mass is 16.6. The summed E-state index contributed by atoms with van der Waals surface area (Å²) in [5.74, 6) is -1.01. The second kappa shape index (κ2) is 10.5. The zero-order valence-electron chi connectivity index (χ0n) is 23.9. The number of ether oxygens (including phenoxy) is 1. The summed E-state index contributed by atoms with van der Waals surface area (Å²) in [6, 6.07) is 14.2. The molecular formula is C31H29N7O4. The topological polar surface area (TPSA) is 134 Å². The van der Waals surface area contributed by atoms with Gasteiger partial charge in [0.15, 0.2) is 11.5 Å². The molecule has 0 spiro atoms. The van der Waals surface area contributed by atoms with E-state index in [0.717, 1.165) is 4.68 Å². The van der Waals surface area contributed by atoms with Crippen LogP contribution in [-0.4, -0.2) is 51.3 Å². The molecule has 1 aromatic heterocycles. The minimum absolute atomic E-state index is 0.0748. The Balaban J connectivity index is 1.52. The van der Waals surface area contributed by atoms with Gasteiger partial charge in [0.1, 0.15) is 5.60 Å². The van der Waals surface area contributed by atoms with Crippen molar-refractivity contribution in [1.82, 2.24) is 20.0 Å². The minimum Gasteiger partial charge on any atom is -0.442 e. The summed E-state index contributed by atoms with van der Waals surface area (Å²) in [6.45, 7) is 16.9. The number of nitriles is 1. The normalized spacial score (nSPS) is 16.7. The van der Waals surface area contributed by atoms with Gasteiger partial charge < -0.3 is 15.4 Å². The second-order valence-corrected chi connectivity index (χ2v) is 11.1. The average molecular weight is 564 g/mol. The maximum absolute atomic E-state index is 13.1. The lowest BCUT2D eigenvalue weighted by Gasteiger charge is -2.26. The number of carbonyl (C=O) groups excluding carboxylic acids is 3. The Bertz CT molecular complexity index is 1740. The molecule has 212 valence electrons. The lowest BCUT2D eigenvalue weighted by molar-refractivity contribution is 0.0522. The highest BCUT2D eigenvalue weighted by Gasteiger charge is 2.35. The molecule has 0 saturated carbocycles. The molecule has 3 heterocycles. The van der Waals surface area contributed by atoms with Gasteiger partial charge in [-0.05, 0) is 64.4 Å². The van der Waals surface area contributed by atoms with Crippen molar-refractivity contribution in [1.29, 1.82) is 5.26 Å². The van der Waals surface area contributed by atoms with Crippen molar-refractivity contribution in [3.8, 4) is 6.07 Å². The van der Waals surface area contributed by atoms with Crippen LogP contribution in [0, 0.1) is 17.9 Å². The first-order valence-electron chi connectivity index (χ1n) is 13.4. The third-order valence-electron chi connectivity index (χ3n) is 7.08. The van der Waals surface area contributed by atoms with Crippen molar-refractivity contribution >= 4 is 34.6 Å². The van der Waals surface area contributed by atoms with Crippen molar-refractivity contribution in [2.45, 2.75) is 46.1 Å². The van der Waals surface area contributed by atoms with Crippen molar-refractivity contribution < 1.29 is 19.1 Å². The number of carbonyl (C=O) groups is 3. The Hall–Kier alpha value is -5.42. The molecule has 0 aliphatic carbocycles. The third-order valence-corrected chi connectivity index (χ3v) is 7.08.